The maximum atomic E-state index is 13.0. The Morgan fingerprint density at radius 2 is 1.74 bits per heavy atom. The zero-order valence-corrected chi connectivity index (χ0v) is 10.6. The highest BCUT2D eigenvalue weighted by Gasteiger charge is 2.19. The van der Waals surface area contributed by atoms with Gasteiger partial charge in [-0.05, 0) is 30.3 Å². The molecule has 1 aromatic heterocycles. The molecule has 0 bridgehead atoms. The van der Waals surface area contributed by atoms with Crippen LogP contribution in [0.2, 0.25) is 0 Å². The van der Waals surface area contributed by atoms with Crippen LogP contribution in [-0.2, 0) is 22.1 Å². The lowest BCUT2D eigenvalue weighted by Crippen LogP contribution is -2.05. The average molecular weight is 287 g/mol. The normalized spacial score (nSPS) is 11.7. The number of rotatable bonds is 4. The molecule has 2 N–H and O–H groups in total. The summed E-state index contributed by atoms with van der Waals surface area (Å²) in [5, 5.41) is 0. The monoisotopic (exact) mass is 287 g/mol. The number of hydrogen-bond acceptors (Lipinski definition) is 4. The Labute approximate surface area is 108 Å². The van der Waals surface area contributed by atoms with Crippen LogP contribution in [-0.4, -0.2) is 8.42 Å². The summed E-state index contributed by atoms with van der Waals surface area (Å²) < 4.78 is 54.9. The predicted molar refractivity (Wildman–Crippen MR) is 63.8 cm³/mol. The molecule has 0 aliphatic rings. The lowest BCUT2D eigenvalue weighted by Gasteiger charge is -2.03. The molecule has 1 heterocycles. The molecular formula is C12H11F2NO3S. The van der Waals surface area contributed by atoms with Gasteiger partial charge in [-0.1, -0.05) is 0 Å². The average Bonchev–Trinajstić information content (AvgIpc) is 2.79. The predicted octanol–water partition coefficient (Wildman–Crippen LogP) is 1.99. The Morgan fingerprint density at radius 1 is 1.05 bits per heavy atom. The van der Waals surface area contributed by atoms with Crippen LogP contribution in [0.5, 0.6) is 0 Å². The third-order valence-electron chi connectivity index (χ3n) is 2.50. The highest BCUT2D eigenvalue weighted by molar-refractivity contribution is 7.90. The molecule has 102 valence electrons. The molecule has 2 rings (SSSR count). The quantitative estimate of drug-likeness (QED) is 0.873. The van der Waals surface area contributed by atoms with Crippen LogP contribution in [0.1, 0.15) is 11.5 Å². The van der Waals surface area contributed by atoms with Crippen molar-refractivity contribution in [1.29, 1.82) is 0 Å². The summed E-state index contributed by atoms with van der Waals surface area (Å²) in [5.41, 5.74) is 5.34. The van der Waals surface area contributed by atoms with Crippen molar-refractivity contribution in [2.75, 3.05) is 0 Å². The maximum Gasteiger partial charge on any atom is 0.185 e. The molecule has 0 unspecified atom stereocenters. The van der Waals surface area contributed by atoms with Gasteiger partial charge in [-0.2, -0.15) is 0 Å². The van der Waals surface area contributed by atoms with E-state index in [4.69, 9.17) is 10.2 Å². The minimum atomic E-state index is -3.79. The van der Waals surface area contributed by atoms with Gasteiger partial charge in [-0.15, -0.1) is 0 Å². The van der Waals surface area contributed by atoms with Crippen molar-refractivity contribution in [3.05, 3.63) is 53.5 Å². The molecule has 7 heteroatoms. The van der Waals surface area contributed by atoms with Gasteiger partial charge < -0.3 is 10.2 Å². The maximum absolute atomic E-state index is 13.0. The minimum Gasteiger partial charge on any atom is -0.464 e. The van der Waals surface area contributed by atoms with Crippen LogP contribution >= 0.6 is 0 Å². The van der Waals surface area contributed by atoms with Gasteiger partial charge in [0.25, 0.3) is 0 Å². The molecule has 2 aromatic rings. The van der Waals surface area contributed by atoms with Gasteiger partial charge in [0.2, 0.25) is 0 Å². The van der Waals surface area contributed by atoms with Crippen LogP contribution in [0.25, 0.3) is 0 Å². The number of benzene rings is 1. The number of halogens is 2. The molecule has 0 spiro atoms. The smallest absolute Gasteiger partial charge is 0.185 e. The fourth-order valence-electron chi connectivity index (χ4n) is 1.55. The number of sulfone groups is 1. The van der Waals surface area contributed by atoms with Crippen molar-refractivity contribution in [2.45, 2.75) is 17.2 Å². The van der Waals surface area contributed by atoms with Crippen LogP contribution in [0.4, 0.5) is 8.78 Å². The van der Waals surface area contributed by atoms with E-state index in [0.717, 1.165) is 12.1 Å². The fraction of sp³-hybridized carbons (Fsp3) is 0.167. The molecule has 0 atom stereocenters. The molecule has 0 saturated carbocycles. The standard InChI is InChI=1S/C12H11F2NO3S/c13-11-4-3-10(5-12(11)14)19(16,17)7-9-2-1-8(6-15)18-9/h1-5H,6-7,15H2. The molecule has 0 amide bonds. The Balaban J connectivity index is 2.29. The minimum absolute atomic E-state index is 0.158. The Hall–Kier alpha value is -1.73. The third kappa shape index (κ3) is 2.99. The van der Waals surface area contributed by atoms with E-state index in [-0.39, 0.29) is 17.2 Å². The van der Waals surface area contributed by atoms with Crippen LogP contribution in [0, 0.1) is 11.6 Å². The van der Waals surface area contributed by atoms with Crippen molar-refractivity contribution in [1.82, 2.24) is 0 Å². The van der Waals surface area contributed by atoms with Gasteiger partial charge in [0.05, 0.1) is 11.4 Å². The van der Waals surface area contributed by atoms with E-state index in [0.29, 0.717) is 11.8 Å². The number of hydrogen-bond donors (Lipinski definition) is 1. The molecule has 0 aliphatic heterocycles. The van der Waals surface area contributed by atoms with E-state index < -0.39 is 27.2 Å². The van der Waals surface area contributed by atoms with Crippen molar-refractivity contribution < 1.29 is 21.6 Å². The van der Waals surface area contributed by atoms with Gasteiger partial charge in [0.1, 0.15) is 17.3 Å². The summed E-state index contributed by atoms with van der Waals surface area (Å²) in [6.45, 7) is 0.158. The van der Waals surface area contributed by atoms with Crippen LogP contribution in [0.15, 0.2) is 39.6 Å². The second kappa shape index (κ2) is 5.10. The molecule has 1 aromatic carbocycles. The molecule has 0 aliphatic carbocycles. The first-order valence-corrected chi connectivity index (χ1v) is 7.03. The highest BCUT2D eigenvalue weighted by Crippen LogP contribution is 2.20. The largest absolute Gasteiger partial charge is 0.464 e. The first-order valence-electron chi connectivity index (χ1n) is 5.38. The van der Waals surface area contributed by atoms with Crippen LogP contribution < -0.4 is 5.73 Å². The van der Waals surface area contributed by atoms with Gasteiger partial charge >= 0.3 is 0 Å². The van der Waals surface area contributed by atoms with E-state index in [1.54, 1.807) is 6.07 Å². The first kappa shape index (κ1) is 13.7. The summed E-state index contributed by atoms with van der Waals surface area (Å²) in [6.07, 6.45) is 0. The summed E-state index contributed by atoms with van der Waals surface area (Å²) in [5.74, 6) is -2.08. The highest BCUT2D eigenvalue weighted by atomic mass is 32.2. The van der Waals surface area contributed by atoms with E-state index >= 15 is 0 Å². The van der Waals surface area contributed by atoms with Crippen LogP contribution in [0.3, 0.4) is 0 Å². The molecule has 0 saturated heterocycles. The summed E-state index contributed by atoms with van der Waals surface area (Å²) >= 11 is 0. The number of nitrogens with two attached hydrogens (primary N) is 1. The zero-order chi connectivity index (χ0) is 14.0. The second-order valence-electron chi connectivity index (χ2n) is 3.91. The molecule has 0 radical (unpaired) electrons. The summed E-state index contributed by atoms with van der Waals surface area (Å²) in [7, 11) is -3.79. The van der Waals surface area contributed by atoms with E-state index in [1.165, 1.54) is 6.07 Å². The van der Waals surface area contributed by atoms with Crippen molar-refractivity contribution >= 4 is 9.84 Å². The second-order valence-corrected chi connectivity index (χ2v) is 5.90. The Kier molecular flexibility index (Phi) is 3.68. The van der Waals surface area contributed by atoms with Gasteiger partial charge in [0, 0.05) is 0 Å². The van der Waals surface area contributed by atoms with Crippen molar-refractivity contribution in [2.24, 2.45) is 5.73 Å². The van der Waals surface area contributed by atoms with E-state index in [2.05, 4.69) is 0 Å². The SMILES string of the molecule is NCc1ccc(CS(=O)(=O)c2ccc(F)c(F)c2)o1. The van der Waals surface area contributed by atoms with Gasteiger partial charge in [-0.3, -0.25) is 0 Å². The third-order valence-corrected chi connectivity index (χ3v) is 4.14. The van der Waals surface area contributed by atoms with Crippen molar-refractivity contribution in [3.8, 4) is 0 Å². The van der Waals surface area contributed by atoms with E-state index in [1.807, 2.05) is 0 Å². The summed E-state index contributed by atoms with van der Waals surface area (Å²) in [6, 6.07) is 5.49. The topological polar surface area (TPSA) is 73.3 Å². The first-order chi connectivity index (χ1) is 8.92. The Bertz CT molecular complexity index is 695. The van der Waals surface area contributed by atoms with Crippen molar-refractivity contribution in [3.63, 3.8) is 0 Å². The molecule has 19 heavy (non-hydrogen) atoms. The van der Waals surface area contributed by atoms with E-state index in [9.17, 15) is 17.2 Å². The lowest BCUT2D eigenvalue weighted by atomic mass is 10.3. The zero-order valence-electron chi connectivity index (χ0n) is 9.77. The Morgan fingerprint density at radius 3 is 2.32 bits per heavy atom. The molecule has 0 fully saturated rings. The molecular weight excluding hydrogens is 276 g/mol. The fourth-order valence-corrected chi connectivity index (χ4v) is 2.81. The number of furan rings is 1. The van der Waals surface area contributed by atoms with Gasteiger partial charge in [0.15, 0.2) is 21.5 Å². The lowest BCUT2D eigenvalue weighted by molar-refractivity contribution is 0.477. The summed E-state index contributed by atoms with van der Waals surface area (Å²) in [4.78, 5) is -0.294. The van der Waals surface area contributed by atoms with Gasteiger partial charge in [-0.25, -0.2) is 17.2 Å². The molecule has 4 nitrogen and oxygen atoms in total.